The van der Waals surface area contributed by atoms with Crippen molar-refractivity contribution in [2.75, 3.05) is 19.9 Å². The largest absolute Gasteiger partial charge is 0.492 e. The van der Waals surface area contributed by atoms with Gasteiger partial charge in [-0.15, -0.1) is 11.3 Å². The molecular formula is C16H16N2O4S. The summed E-state index contributed by atoms with van der Waals surface area (Å²) < 4.78 is 16.1. The first-order chi connectivity index (χ1) is 11.3. The summed E-state index contributed by atoms with van der Waals surface area (Å²) in [6.07, 6.45) is 4.04. The van der Waals surface area contributed by atoms with E-state index in [2.05, 4.69) is 10.3 Å². The molecule has 1 aliphatic carbocycles. The molecule has 4 rings (SSSR count). The van der Waals surface area contributed by atoms with Gasteiger partial charge in [0.15, 0.2) is 11.5 Å². The molecule has 1 aliphatic heterocycles. The molecule has 7 heteroatoms. The number of rotatable bonds is 6. The van der Waals surface area contributed by atoms with Crippen LogP contribution in [0.5, 0.6) is 17.2 Å². The second-order valence-electron chi connectivity index (χ2n) is 5.46. The molecule has 1 aromatic carbocycles. The van der Waals surface area contributed by atoms with E-state index in [0.29, 0.717) is 35.4 Å². The van der Waals surface area contributed by atoms with Crippen molar-refractivity contribution in [3.8, 4) is 17.2 Å². The highest BCUT2D eigenvalue weighted by Crippen LogP contribution is 2.41. The van der Waals surface area contributed by atoms with E-state index >= 15 is 0 Å². The van der Waals surface area contributed by atoms with E-state index in [1.54, 1.807) is 12.3 Å². The van der Waals surface area contributed by atoms with E-state index < -0.39 is 0 Å². The third-order valence-corrected chi connectivity index (χ3v) is 4.83. The normalized spacial score (nSPS) is 15.5. The Kier molecular flexibility index (Phi) is 3.78. The van der Waals surface area contributed by atoms with Gasteiger partial charge in [-0.2, -0.15) is 0 Å². The lowest BCUT2D eigenvalue weighted by Gasteiger charge is -2.07. The van der Waals surface area contributed by atoms with Gasteiger partial charge in [-0.25, -0.2) is 4.98 Å². The number of hydrogen-bond acceptors (Lipinski definition) is 6. The number of amides is 1. The molecule has 1 N–H and O–H groups in total. The average molecular weight is 332 g/mol. The van der Waals surface area contributed by atoms with E-state index in [1.807, 2.05) is 12.1 Å². The highest BCUT2D eigenvalue weighted by atomic mass is 32.1. The third kappa shape index (κ3) is 3.24. The van der Waals surface area contributed by atoms with E-state index in [4.69, 9.17) is 14.2 Å². The fraction of sp³-hybridized carbons (Fsp3) is 0.375. The number of fused-ring (bicyclic) bond motifs is 1. The van der Waals surface area contributed by atoms with Crippen LogP contribution < -0.4 is 19.5 Å². The number of hydrogen-bond donors (Lipinski definition) is 1. The zero-order valence-corrected chi connectivity index (χ0v) is 13.2. The Hall–Kier alpha value is -2.28. The van der Waals surface area contributed by atoms with Crippen molar-refractivity contribution in [1.29, 1.82) is 0 Å². The van der Waals surface area contributed by atoms with Crippen molar-refractivity contribution < 1.29 is 19.0 Å². The molecule has 2 heterocycles. The van der Waals surface area contributed by atoms with Crippen molar-refractivity contribution in [1.82, 2.24) is 10.3 Å². The topological polar surface area (TPSA) is 69.7 Å². The van der Waals surface area contributed by atoms with Crippen LogP contribution in [0.3, 0.4) is 0 Å². The standard InChI is InChI=1S/C16H16N2O4S/c19-15(14-8-18-16(23-14)10-1-2-10)17-5-6-20-11-3-4-12-13(7-11)22-9-21-12/h3-4,7-8,10H,1-2,5-6,9H2,(H,17,19). The van der Waals surface area contributed by atoms with Gasteiger partial charge in [0.25, 0.3) is 5.91 Å². The summed E-state index contributed by atoms with van der Waals surface area (Å²) in [4.78, 5) is 17.0. The highest BCUT2D eigenvalue weighted by molar-refractivity contribution is 7.13. The maximum absolute atomic E-state index is 12.0. The molecule has 0 unspecified atom stereocenters. The van der Waals surface area contributed by atoms with Gasteiger partial charge < -0.3 is 19.5 Å². The van der Waals surface area contributed by atoms with Gasteiger partial charge in [-0.3, -0.25) is 4.79 Å². The predicted octanol–water partition coefficient (Wildman–Crippen LogP) is 2.56. The minimum Gasteiger partial charge on any atom is -0.492 e. The van der Waals surface area contributed by atoms with Crippen LogP contribution >= 0.6 is 11.3 Å². The fourth-order valence-electron chi connectivity index (χ4n) is 2.30. The molecule has 0 radical (unpaired) electrons. The van der Waals surface area contributed by atoms with Gasteiger partial charge in [0.05, 0.1) is 17.7 Å². The Labute approximate surface area is 137 Å². The van der Waals surface area contributed by atoms with Crippen molar-refractivity contribution in [2.45, 2.75) is 18.8 Å². The summed E-state index contributed by atoms with van der Waals surface area (Å²) in [7, 11) is 0. The number of carbonyl (C=O) groups is 1. The van der Waals surface area contributed by atoms with Crippen molar-refractivity contribution >= 4 is 17.2 Å². The number of aromatic nitrogens is 1. The number of benzene rings is 1. The molecule has 0 bridgehead atoms. The van der Waals surface area contributed by atoms with E-state index in [-0.39, 0.29) is 12.7 Å². The summed E-state index contributed by atoms with van der Waals surface area (Å²) in [5.41, 5.74) is 0. The van der Waals surface area contributed by atoms with Crippen LogP contribution in [0.25, 0.3) is 0 Å². The van der Waals surface area contributed by atoms with Gasteiger partial charge in [-0.05, 0) is 25.0 Å². The Bertz CT molecular complexity index is 727. The molecule has 6 nitrogen and oxygen atoms in total. The minimum absolute atomic E-state index is 0.0938. The van der Waals surface area contributed by atoms with Crippen LogP contribution in [0.1, 0.15) is 33.4 Å². The van der Waals surface area contributed by atoms with Gasteiger partial charge >= 0.3 is 0 Å². The summed E-state index contributed by atoms with van der Waals surface area (Å²) in [5.74, 6) is 2.59. The van der Waals surface area contributed by atoms with Crippen molar-refractivity contribution in [3.63, 3.8) is 0 Å². The highest BCUT2D eigenvalue weighted by Gasteiger charge is 2.27. The molecule has 0 atom stereocenters. The maximum atomic E-state index is 12.0. The van der Waals surface area contributed by atoms with Crippen LogP contribution in [0.2, 0.25) is 0 Å². The summed E-state index contributed by atoms with van der Waals surface area (Å²) in [6.45, 7) is 1.07. The Morgan fingerprint density at radius 3 is 3.09 bits per heavy atom. The molecule has 1 amide bonds. The van der Waals surface area contributed by atoms with Crippen molar-refractivity contribution in [2.24, 2.45) is 0 Å². The van der Waals surface area contributed by atoms with Crippen LogP contribution in [0.15, 0.2) is 24.4 Å². The molecule has 120 valence electrons. The maximum Gasteiger partial charge on any atom is 0.263 e. The second kappa shape index (κ2) is 6.08. The monoisotopic (exact) mass is 332 g/mol. The molecule has 1 aromatic heterocycles. The van der Waals surface area contributed by atoms with Crippen LogP contribution in [-0.2, 0) is 0 Å². The first-order valence-corrected chi connectivity index (χ1v) is 8.37. The first-order valence-electron chi connectivity index (χ1n) is 7.56. The van der Waals surface area contributed by atoms with Crippen LogP contribution in [0.4, 0.5) is 0 Å². The fourth-order valence-corrected chi connectivity index (χ4v) is 3.30. The smallest absolute Gasteiger partial charge is 0.263 e. The molecule has 0 spiro atoms. The van der Waals surface area contributed by atoms with Gasteiger partial charge in [0.2, 0.25) is 6.79 Å². The van der Waals surface area contributed by atoms with Crippen LogP contribution in [0, 0.1) is 0 Å². The predicted molar refractivity (Wildman–Crippen MR) is 84.5 cm³/mol. The molecular weight excluding hydrogens is 316 g/mol. The SMILES string of the molecule is O=C(NCCOc1ccc2c(c1)OCO2)c1cnc(C2CC2)s1. The second-order valence-corrected chi connectivity index (χ2v) is 6.52. The number of thiazole rings is 1. The molecule has 23 heavy (non-hydrogen) atoms. The first kappa shape index (κ1) is 14.3. The molecule has 0 saturated heterocycles. The Balaban J connectivity index is 1.24. The summed E-state index contributed by atoms with van der Waals surface area (Å²) >= 11 is 1.49. The summed E-state index contributed by atoms with van der Waals surface area (Å²) in [6, 6.07) is 5.42. The molecule has 1 saturated carbocycles. The Morgan fingerprint density at radius 1 is 1.35 bits per heavy atom. The third-order valence-electron chi connectivity index (χ3n) is 3.67. The number of carbonyl (C=O) groups excluding carboxylic acids is 1. The molecule has 1 fully saturated rings. The average Bonchev–Trinajstić information content (AvgIpc) is 3.12. The lowest BCUT2D eigenvalue weighted by molar-refractivity contribution is 0.0950. The van der Waals surface area contributed by atoms with E-state index in [0.717, 1.165) is 10.8 Å². The van der Waals surface area contributed by atoms with Crippen molar-refractivity contribution in [3.05, 3.63) is 34.3 Å². The van der Waals surface area contributed by atoms with Gasteiger partial charge in [0, 0.05) is 12.0 Å². The number of ether oxygens (including phenoxy) is 3. The minimum atomic E-state index is -0.0938. The summed E-state index contributed by atoms with van der Waals surface area (Å²) in [5, 5.41) is 3.92. The zero-order valence-electron chi connectivity index (χ0n) is 12.4. The quantitative estimate of drug-likeness (QED) is 0.823. The van der Waals surface area contributed by atoms with Gasteiger partial charge in [-0.1, -0.05) is 0 Å². The van der Waals surface area contributed by atoms with Gasteiger partial charge in [0.1, 0.15) is 17.2 Å². The lowest BCUT2D eigenvalue weighted by Crippen LogP contribution is -2.27. The zero-order chi connectivity index (χ0) is 15.6. The van der Waals surface area contributed by atoms with Crippen LogP contribution in [-0.4, -0.2) is 30.8 Å². The Morgan fingerprint density at radius 2 is 2.22 bits per heavy atom. The number of nitrogens with one attached hydrogen (secondary N) is 1. The molecule has 2 aliphatic rings. The number of nitrogens with zero attached hydrogens (tertiary/aromatic N) is 1. The lowest BCUT2D eigenvalue weighted by atomic mass is 10.3. The van der Waals surface area contributed by atoms with E-state index in [1.165, 1.54) is 24.2 Å². The molecule has 2 aromatic rings. The van der Waals surface area contributed by atoms with E-state index in [9.17, 15) is 4.79 Å².